The van der Waals surface area contributed by atoms with E-state index in [1.54, 1.807) is 0 Å². The number of carbonyl (C=O) groups excluding carboxylic acids is 1. The van der Waals surface area contributed by atoms with Crippen molar-refractivity contribution in [1.29, 1.82) is 5.26 Å². The van der Waals surface area contributed by atoms with E-state index in [2.05, 4.69) is 18.2 Å². The van der Waals surface area contributed by atoms with Gasteiger partial charge in [0.1, 0.15) is 0 Å². The van der Waals surface area contributed by atoms with E-state index in [1.165, 1.54) is 5.56 Å². The number of carbonyl (C=O) groups is 1. The number of likely N-dealkylation sites (tertiary alicyclic amines) is 1. The van der Waals surface area contributed by atoms with Crippen LogP contribution in [-0.4, -0.2) is 23.9 Å². The van der Waals surface area contributed by atoms with Gasteiger partial charge in [-0.05, 0) is 37.0 Å². The van der Waals surface area contributed by atoms with Crippen molar-refractivity contribution in [3.8, 4) is 6.07 Å². The lowest BCUT2D eigenvalue weighted by molar-refractivity contribution is 0.0647. The molecule has 0 spiro atoms. The predicted octanol–water partition coefficient (Wildman–Crippen LogP) is 3.68. The minimum atomic E-state index is -0.352. The van der Waals surface area contributed by atoms with Crippen molar-refractivity contribution in [2.75, 3.05) is 13.1 Å². The smallest absolute Gasteiger partial charge is 0.253 e. The molecule has 1 heterocycles. The quantitative estimate of drug-likeness (QED) is 0.868. The molecule has 0 bridgehead atoms. The number of hydrogen-bond donors (Lipinski definition) is 0. The highest BCUT2D eigenvalue weighted by Crippen LogP contribution is 2.34. The first-order chi connectivity index (χ1) is 11.2. The molecule has 1 aliphatic rings. The molecule has 3 heteroatoms. The van der Waals surface area contributed by atoms with Gasteiger partial charge >= 0.3 is 0 Å². The summed E-state index contributed by atoms with van der Waals surface area (Å²) in [6, 6.07) is 22.0. The highest BCUT2D eigenvalue weighted by Gasteiger charge is 2.36. The Morgan fingerprint density at radius 2 is 1.57 bits per heavy atom. The Morgan fingerprint density at radius 3 is 2.13 bits per heavy atom. The van der Waals surface area contributed by atoms with Gasteiger partial charge in [0, 0.05) is 18.7 Å². The summed E-state index contributed by atoms with van der Waals surface area (Å²) in [7, 11) is 0. The molecule has 2 aromatic carbocycles. The average molecular weight is 304 g/mol. The monoisotopic (exact) mass is 304 g/mol. The molecule has 3 nitrogen and oxygen atoms in total. The van der Waals surface area contributed by atoms with Crippen molar-refractivity contribution in [2.24, 2.45) is 5.41 Å². The first-order valence-electron chi connectivity index (χ1n) is 8.02. The highest BCUT2D eigenvalue weighted by atomic mass is 16.2. The Hall–Kier alpha value is -2.60. The molecule has 2 aromatic rings. The Balaban J connectivity index is 1.67. The normalized spacial score (nSPS) is 16.6. The van der Waals surface area contributed by atoms with Crippen molar-refractivity contribution in [3.63, 3.8) is 0 Å². The topological polar surface area (TPSA) is 44.1 Å². The van der Waals surface area contributed by atoms with E-state index in [-0.39, 0.29) is 11.3 Å². The summed E-state index contributed by atoms with van der Waals surface area (Å²) >= 11 is 0. The van der Waals surface area contributed by atoms with Crippen LogP contribution in [0.15, 0.2) is 60.7 Å². The van der Waals surface area contributed by atoms with E-state index in [9.17, 15) is 10.1 Å². The SMILES string of the molecule is N#CC1(Cc2ccccc2)CCN(C(=O)c2ccccc2)CC1. The molecule has 0 N–H and O–H groups in total. The molecule has 0 saturated carbocycles. The second kappa shape index (κ2) is 6.66. The molecule has 1 fully saturated rings. The fourth-order valence-electron chi connectivity index (χ4n) is 3.22. The molecular weight excluding hydrogens is 284 g/mol. The van der Waals surface area contributed by atoms with Crippen LogP contribution in [0, 0.1) is 16.7 Å². The summed E-state index contributed by atoms with van der Waals surface area (Å²) in [6.45, 7) is 1.29. The van der Waals surface area contributed by atoms with E-state index in [1.807, 2.05) is 53.4 Å². The van der Waals surface area contributed by atoms with Crippen molar-refractivity contribution in [2.45, 2.75) is 19.3 Å². The van der Waals surface area contributed by atoms with Gasteiger partial charge in [-0.3, -0.25) is 4.79 Å². The van der Waals surface area contributed by atoms with Gasteiger partial charge in [0.05, 0.1) is 11.5 Å². The number of piperidine rings is 1. The number of benzene rings is 2. The van der Waals surface area contributed by atoms with Gasteiger partial charge in [0.25, 0.3) is 5.91 Å². The lowest BCUT2D eigenvalue weighted by Gasteiger charge is -2.37. The maximum atomic E-state index is 12.5. The number of nitriles is 1. The van der Waals surface area contributed by atoms with Crippen LogP contribution in [-0.2, 0) is 6.42 Å². The maximum absolute atomic E-state index is 12.5. The van der Waals surface area contributed by atoms with Crippen LogP contribution in [0.3, 0.4) is 0 Å². The second-order valence-corrected chi connectivity index (χ2v) is 6.21. The number of hydrogen-bond acceptors (Lipinski definition) is 2. The molecule has 23 heavy (non-hydrogen) atoms. The van der Waals surface area contributed by atoms with Crippen LogP contribution >= 0.6 is 0 Å². The van der Waals surface area contributed by atoms with E-state index in [0.29, 0.717) is 13.1 Å². The Labute approximate surface area is 137 Å². The molecule has 0 aromatic heterocycles. The minimum absolute atomic E-state index is 0.0665. The molecular formula is C20H20N2O. The van der Waals surface area contributed by atoms with Gasteiger partial charge in [-0.2, -0.15) is 5.26 Å². The van der Waals surface area contributed by atoms with Gasteiger partial charge in [0.15, 0.2) is 0 Å². The zero-order valence-corrected chi connectivity index (χ0v) is 13.1. The van der Waals surface area contributed by atoms with Crippen molar-refractivity contribution in [3.05, 3.63) is 71.8 Å². The van der Waals surface area contributed by atoms with Crippen molar-refractivity contribution in [1.82, 2.24) is 4.90 Å². The van der Waals surface area contributed by atoms with Gasteiger partial charge in [-0.1, -0.05) is 48.5 Å². The lowest BCUT2D eigenvalue weighted by Crippen LogP contribution is -2.43. The van der Waals surface area contributed by atoms with Gasteiger partial charge in [-0.15, -0.1) is 0 Å². The summed E-state index contributed by atoms with van der Waals surface area (Å²) in [5, 5.41) is 9.69. The third-order valence-electron chi connectivity index (χ3n) is 4.65. The Bertz CT molecular complexity index is 695. The third-order valence-corrected chi connectivity index (χ3v) is 4.65. The fourth-order valence-corrected chi connectivity index (χ4v) is 3.22. The number of amides is 1. The zero-order chi connectivity index (χ0) is 16.1. The molecule has 3 rings (SSSR count). The summed E-state index contributed by atoms with van der Waals surface area (Å²) in [5.74, 6) is 0.0665. The van der Waals surface area contributed by atoms with Crippen LogP contribution in [0.4, 0.5) is 0 Å². The lowest BCUT2D eigenvalue weighted by atomic mass is 9.75. The first kappa shape index (κ1) is 15.3. The molecule has 1 aliphatic heterocycles. The summed E-state index contributed by atoms with van der Waals surface area (Å²) in [6.07, 6.45) is 2.23. The molecule has 0 atom stereocenters. The van der Waals surface area contributed by atoms with Gasteiger partial charge in [0.2, 0.25) is 0 Å². The Morgan fingerprint density at radius 1 is 1.00 bits per heavy atom. The molecule has 0 aliphatic carbocycles. The summed E-state index contributed by atoms with van der Waals surface area (Å²) < 4.78 is 0. The van der Waals surface area contributed by atoms with Crippen LogP contribution in [0.1, 0.15) is 28.8 Å². The van der Waals surface area contributed by atoms with Crippen LogP contribution in [0.25, 0.3) is 0 Å². The van der Waals surface area contributed by atoms with E-state index >= 15 is 0 Å². The van der Waals surface area contributed by atoms with Crippen molar-refractivity contribution < 1.29 is 4.79 Å². The molecule has 116 valence electrons. The average Bonchev–Trinajstić information content (AvgIpc) is 2.63. The van der Waals surface area contributed by atoms with E-state index in [4.69, 9.17) is 0 Å². The van der Waals surface area contributed by atoms with Crippen LogP contribution < -0.4 is 0 Å². The molecule has 1 saturated heterocycles. The van der Waals surface area contributed by atoms with Gasteiger partial charge < -0.3 is 4.90 Å². The highest BCUT2D eigenvalue weighted by molar-refractivity contribution is 5.94. The molecule has 0 unspecified atom stereocenters. The zero-order valence-electron chi connectivity index (χ0n) is 13.1. The largest absolute Gasteiger partial charge is 0.339 e. The first-order valence-corrected chi connectivity index (χ1v) is 8.02. The summed E-state index contributed by atoms with van der Waals surface area (Å²) in [5.41, 5.74) is 1.56. The standard InChI is InChI=1S/C20H20N2O/c21-16-20(15-17-7-3-1-4-8-17)11-13-22(14-12-20)19(23)18-9-5-2-6-10-18/h1-10H,11-15H2. The fraction of sp³-hybridized carbons (Fsp3) is 0.300. The summed E-state index contributed by atoms with van der Waals surface area (Å²) in [4.78, 5) is 14.4. The maximum Gasteiger partial charge on any atom is 0.253 e. The van der Waals surface area contributed by atoms with Crippen LogP contribution in [0.5, 0.6) is 0 Å². The minimum Gasteiger partial charge on any atom is -0.339 e. The number of rotatable bonds is 3. The van der Waals surface area contributed by atoms with Crippen molar-refractivity contribution >= 4 is 5.91 Å². The molecule has 1 amide bonds. The predicted molar refractivity (Wildman–Crippen MR) is 89.8 cm³/mol. The Kier molecular flexibility index (Phi) is 4.43. The van der Waals surface area contributed by atoms with Crippen LogP contribution in [0.2, 0.25) is 0 Å². The number of nitrogens with zero attached hydrogens (tertiary/aromatic N) is 2. The third kappa shape index (κ3) is 3.43. The van der Waals surface area contributed by atoms with E-state index in [0.717, 1.165) is 24.8 Å². The second-order valence-electron chi connectivity index (χ2n) is 6.21. The molecule has 0 radical (unpaired) electrons. The van der Waals surface area contributed by atoms with E-state index < -0.39 is 0 Å². The van der Waals surface area contributed by atoms with Gasteiger partial charge in [-0.25, -0.2) is 0 Å².